The zero-order valence-electron chi connectivity index (χ0n) is 14.8. The number of amides is 1. The standard InChI is InChI=1S/C18H19F3N2O3S/c1-23(11-13-7-9-14(10-8-13)18(19,20)21)12-17(24)22-15-5-3-4-6-16(15)27(2,25)26/h3-10H,11-12H2,1-2H3,(H,22,24)/p+1. The number of quaternary nitrogens is 1. The number of alkyl halides is 3. The highest BCUT2D eigenvalue weighted by Crippen LogP contribution is 2.29. The molecule has 0 heterocycles. The largest absolute Gasteiger partial charge is 0.416 e. The lowest BCUT2D eigenvalue weighted by atomic mass is 10.1. The number of rotatable bonds is 6. The SMILES string of the molecule is C[NH+](CC(=O)Nc1ccccc1S(C)(=O)=O)Cc1ccc(C(F)(F)F)cc1. The highest BCUT2D eigenvalue weighted by molar-refractivity contribution is 7.90. The maximum absolute atomic E-state index is 12.6. The van der Waals surface area contributed by atoms with Gasteiger partial charge in [0, 0.05) is 11.8 Å². The molecule has 0 bridgehead atoms. The van der Waals surface area contributed by atoms with Gasteiger partial charge in [-0.25, -0.2) is 8.42 Å². The molecule has 27 heavy (non-hydrogen) atoms. The van der Waals surface area contributed by atoms with E-state index in [-0.39, 0.29) is 17.1 Å². The molecule has 0 fully saturated rings. The van der Waals surface area contributed by atoms with Gasteiger partial charge in [-0.2, -0.15) is 13.2 Å². The van der Waals surface area contributed by atoms with Gasteiger partial charge in [-0.1, -0.05) is 24.3 Å². The number of benzene rings is 2. The molecule has 1 atom stereocenters. The van der Waals surface area contributed by atoms with Gasteiger partial charge in [0.25, 0.3) is 5.91 Å². The lowest BCUT2D eigenvalue weighted by Crippen LogP contribution is -3.08. The predicted octanol–water partition coefficient (Wildman–Crippen LogP) is 1.76. The first kappa shape index (κ1) is 20.9. The van der Waals surface area contributed by atoms with Gasteiger partial charge in [0.2, 0.25) is 0 Å². The van der Waals surface area contributed by atoms with E-state index in [4.69, 9.17) is 0 Å². The number of likely N-dealkylation sites (N-methyl/N-ethyl adjacent to an activating group) is 1. The molecule has 146 valence electrons. The molecule has 1 amide bonds. The number of sulfone groups is 1. The molecule has 0 aliphatic carbocycles. The van der Waals surface area contributed by atoms with Gasteiger partial charge < -0.3 is 10.2 Å². The minimum atomic E-state index is -4.38. The van der Waals surface area contributed by atoms with Crippen molar-refractivity contribution in [1.29, 1.82) is 0 Å². The second-order valence-electron chi connectivity index (χ2n) is 6.32. The van der Waals surface area contributed by atoms with Gasteiger partial charge >= 0.3 is 6.18 Å². The van der Waals surface area contributed by atoms with Crippen molar-refractivity contribution in [2.24, 2.45) is 0 Å². The smallest absolute Gasteiger partial charge is 0.326 e. The highest BCUT2D eigenvalue weighted by atomic mass is 32.2. The van der Waals surface area contributed by atoms with E-state index in [1.807, 2.05) is 0 Å². The number of carbonyl (C=O) groups is 1. The van der Waals surface area contributed by atoms with Crippen LogP contribution in [0.4, 0.5) is 18.9 Å². The molecule has 2 rings (SSSR count). The average molecular weight is 401 g/mol. The van der Waals surface area contributed by atoms with Crippen LogP contribution < -0.4 is 10.2 Å². The molecule has 0 aliphatic rings. The van der Waals surface area contributed by atoms with Crippen LogP contribution in [-0.4, -0.2) is 34.2 Å². The molecule has 0 saturated heterocycles. The molecule has 0 aromatic heterocycles. The first-order chi connectivity index (χ1) is 12.5. The van der Waals surface area contributed by atoms with Crippen LogP contribution >= 0.6 is 0 Å². The van der Waals surface area contributed by atoms with E-state index < -0.39 is 27.5 Å². The average Bonchev–Trinajstić information content (AvgIpc) is 2.53. The third kappa shape index (κ3) is 6.07. The van der Waals surface area contributed by atoms with Crippen molar-refractivity contribution in [2.45, 2.75) is 17.6 Å². The topological polar surface area (TPSA) is 67.7 Å². The summed E-state index contributed by atoms with van der Waals surface area (Å²) < 4.78 is 61.3. The van der Waals surface area contributed by atoms with Gasteiger partial charge in [-0.05, 0) is 24.3 Å². The van der Waals surface area contributed by atoms with Crippen LogP contribution in [-0.2, 0) is 27.4 Å². The molecule has 0 radical (unpaired) electrons. The molecular weight excluding hydrogens is 381 g/mol. The Morgan fingerprint density at radius 2 is 1.67 bits per heavy atom. The van der Waals surface area contributed by atoms with Crippen molar-refractivity contribution in [3.8, 4) is 0 Å². The highest BCUT2D eigenvalue weighted by Gasteiger charge is 2.30. The van der Waals surface area contributed by atoms with E-state index in [0.29, 0.717) is 12.1 Å². The van der Waals surface area contributed by atoms with E-state index in [1.165, 1.54) is 24.3 Å². The number of anilines is 1. The van der Waals surface area contributed by atoms with E-state index in [9.17, 15) is 26.4 Å². The fourth-order valence-corrected chi connectivity index (χ4v) is 3.43. The van der Waals surface area contributed by atoms with Gasteiger partial charge in [0.05, 0.1) is 23.2 Å². The molecule has 2 N–H and O–H groups in total. The number of nitrogens with one attached hydrogen (secondary N) is 2. The molecule has 0 aliphatic heterocycles. The second-order valence-corrected chi connectivity index (χ2v) is 8.31. The summed E-state index contributed by atoms with van der Waals surface area (Å²) in [6.45, 7) is 0.373. The zero-order chi connectivity index (χ0) is 20.2. The number of halogens is 3. The fraction of sp³-hybridized carbons (Fsp3) is 0.278. The third-order valence-electron chi connectivity index (χ3n) is 3.81. The van der Waals surface area contributed by atoms with Gasteiger partial charge in [-0.15, -0.1) is 0 Å². The Kier molecular flexibility index (Phi) is 6.27. The Balaban J connectivity index is 1.99. The van der Waals surface area contributed by atoms with Crippen LogP contribution in [0.5, 0.6) is 0 Å². The third-order valence-corrected chi connectivity index (χ3v) is 4.97. The maximum atomic E-state index is 12.6. The molecule has 5 nitrogen and oxygen atoms in total. The number of hydrogen-bond acceptors (Lipinski definition) is 3. The van der Waals surface area contributed by atoms with Crippen molar-refractivity contribution in [2.75, 3.05) is 25.2 Å². The monoisotopic (exact) mass is 401 g/mol. The number of carbonyl (C=O) groups excluding carboxylic acids is 1. The van der Waals surface area contributed by atoms with Crippen molar-refractivity contribution >= 4 is 21.4 Å². The quantitative estimate of drug-likeness (QED) is 0.775. The van der Waals surface area contributed by atoms with E-state index in [1.54, 1.807) is 19.2 Å². The first-order valence-electron chi connectivity index (χ1n) is 8.03. The van der Waals surface area contributed by atoms with Crippen LogP contribution in [0.25, 0.3) is 0 Å². The Hall–Kier alpha value is -2.39. The second kappa shape index (κ2) is 8.10. The van der Waals surface area contributed by atoms with Crippen LogP contribution in [0.2, 0.25) is 0 Å². The van der Waals surface area contributed by atoms with Crippen molar-refractivity contribution in [3.05, 3.63) is 59.7 Å². The predicted molar refractivity (Wildman–Crippen MR) is 95.1 cm³/mol. The molecule has 9 heteroatoms. The van der Waals surface area contributed by atoms with Crippen LogP contribution in [0, 0.1) is 0 Å². The molecule has 2 aromatic carbocycles. The van der Waals surface area contributed by atoms with Gasteiger partial charge in [0.1, 0.15) is 6.54 Å². The summed E-state index contributed by atoms with van der Waals surface area (Å²) in [5, 5.41) is 2.58. The zero-order valence-corrected chi connectivity index (χ0v) is 15.6. The summed E-state index contributed by atoms with van der Waals surface area (Å²) in [7, 11) is -1.76. The molecule has 0 saturated carbocycles. The van der Waals surface area contributed by atoms with Crippen molar-refractivity contribution < 1.29 is 31.3 Å². The minimum absolute atomic E-state index is 0.0266. The normalized spacial score (nSPS) is 13.2. The lowest BCUT2D eigenvalue weighted by molar-refractivity contribution is -0.885. The Bertz CT molecular complexity index is 910. The minimum Gasteiger partial charge on any atom is -0.326 e. The summed E-state index contributed by atoms with van der Waals surface area (Å²) in [4.78, 5) is 13.0. The number of hydrogen-bond donors (Lipinski definition) is 2. The fourth-order valence-electron chi connectivity index (χ4n) is 2.58. The summed E-state index contributed by atoms with van der Waals surface area (Å²) in [5.74, 6) is -0.393. The van der Waals surface area contributed by atoms with Crippen molar-refractivity contribution in [3.63, 3.8) is 0 Å². The van der Waals surface area contributed by atoms with E-state index >= 15 is 0 Å². The number of para-hydroxylation sites is 1. The summed E-state index contributed by atoms with van der Waals surface area (Å²) >= 11 is 0. The molecule has 1 unspecified atom stereocenters. The lowest BCUT2D eigenvalue weighted by Gasteiger charge is -2.15. The molecule has 0 spiro atoms. The molecule has 2 aromatic rings. The Labute approximate surface area is 155 Å². The van der Waals surface area contributed by atoms with Crippen LogP contribution in [0.3, 0.4) is 0 Å². The Morgan fingerprint density at radius 3 is 2.22 bits per heavy atom. The van der Waals surface area contributed by atoms with Gasteiger partial charge in [0.15, 0.2) is 16.4 Å². The summed E-state index contributed by atoms with van der Waals surface area (Å²) in [5.41, 5.74) is 0.135. The maximum Gasteiger partial charge on any atom is 0.416 e. The summed E-state index contributed by atoms with van der Waals surface area (Å²) in [6, 6.07) is 10.8. The summed E-state index contributed by atoms with van der Waals surface area (Å²) in [6.07, 6.45) is -3.33. The van der Waals surface area contributed by atoms with Crippen LogP contribution in [0.1, 0.15) is 11.1 Å². The van der Waals surface area contributed by atoms with E-state index in [2.05, 4.69) is 5.32 Å². The van der Waals surface area contributed by atoms with E-state index in [0.717, 1.165) is 23.3 Å². The van der Waals surface area contributed by atoms with Crippen LogP contribution in [0.15, 0.2) is 53.4 Å². The Morgan fingerprint density at radius 1 is 1.07 bits per heavy atom. The molecular formula is C18H20F3N2O3S+. The van der Waals surface area contributed by atoms with Crippen molar-refractivity contribution in [1.82, 2.24) is 0 Å². The first-order valence-corrected chi connectivity index (χ1v) is 9.92. The van der Waals surface area contributed by atoms with Gasteiger partial charge in [-0.3, -0.25) is 4.79 Å².